The highest BCUT2D eigenvalue weighted by atomic mass is 16.3. The molecule has 2 aromatic rings. The van der Waals surface area contributed by atoms with E-state index in [2.05, 4.69) is 9.98 Å². The lowest BCUT2D eigenvalue weighted by molar-refractivity contribution is 0.561. The standard InChI is InChI=1S/C9H9N3O/c1-6-12-8-4-7(11-5-10)2-3-9(8)13-6/h2-5H,1H3,(H2,10,11). The topological polar surface area (TPSA) is 64.4 Å². The number of aryl methyl sites for hydroxylation is 1. The predicted molar refractivity (Wildman–Crippen MR) is 51.1 cm³/mol. The molecule has 2 rings (SSSR count). The average molecular weight is 175 g/mol. The van der Waals surface area contributed by atoms with Gasteiger partial charge in [-0.05, 0) is 18.2 Å². The molecule has 1 aromatic carbocycles. The maximum absolute atomic E-state index is 5.31. The molecule has 0 aliphatic heterocycles. The van der Waals surface area contributed by atoms with Crippen molar-refractivity contribution in [1.29, 1.82) is 0 Å². The molecule has 4 heteroatoms. The van der Waals surface area contributed by atoms with E-state index in [9.17, 15) is 0 Å². The van der Waals surface area contributed by atoms with Crippen LogP contribution in [0.5, 0.6) is 0 Å². The normalized spacial score (nSPS) is 11.5. The molecule has 0 aliphatic rings. The third-order valence-electron chi connectivity index (χ3n) is 1.70. The number of hydrogen-bond acceptors (Lipinski definition) is 3. The Morgan fingerprint density at radius 3 is 3.15 bits per heavy atom. The maximum Gasteiger partial charge on any atom is 0.192 e. The Morgan fingerprint density at radius 2 is 2.38 bits per heavy atom. The Balaban J connectivity index is 2.61. The van der Waals surface area contributed by atoms with E-state index in [1.807, 2.05) is 25.1 Å². The SMILES string of the molecule is Cc1nc2cc(N=CN)ccc2o1. The molecular formula is C9H9N3O. The minimum atomic E-state index is 0.656. The minimum Gasteiger partial charge on any atom is -0.441 e. The zero-order valence-corrected chi connectivity index (χ0v) is 7.19. The molecule has 0 radical (unpaired) electrons. The quantitative estimate of drug-likeness (QED) is 0.530. The molecule has 0 unspecified atom stereocenters. The highest BCUT2D eigenvalue weighted by molar-refractivity contribution is 5.77. The first-order valence-electron chi connectivity index (χ1n) is 3.91. The molecule has 0 spiro atoms. The van der Waals surface area contributed by atoms with Crippen LogP contribution >= 0.6 is 0 Å². The van der Waals surface area contributed by atoms with Crippen LogP contribution in [0.1, 0.15) is 5.89 Å². The molecular weight excluding hydrogens is 166 g/mol. The maximum atomic E-state index is 5.31. The van der Waals surface area contributed by atoms with Crippen molar-refractivity contribution in [2.75, 3.05) is 0 Å². The van der Waals surface area contributed by atoms with Gasteiger partial charge < -0.3 is 10.2 Å². The van der Waals surface area contributed by atoms with Gasteiger partial charge >= 0.3 is 0 Å². The Labute approximate surface area is 75.1 Å². The fraction of sp³-hybridized carbons (Fsp3) is 0.111. The predicted octanol–water partition coefficient (Wildman–Crippen LogP) is 1.75. The fourth-order valence-corrected chi connectivity index (χ4v) is 1.20. The zero-order chi connectivity index (χ0) is 9.26. The van der Waals surface area contributed by atoms with Gasteiger partial charge in [0.15, 0.2) is 11.5 Å². The van der Waals surface area contributed by atoms with E-state index in [0.717, 1.165) is 16.8 Å². The molecule has 0 saturated carbocycles. The molecule has 0 aliphatic carbocycles. The number of aromatic nitrogens is 1. The van der Waals surface area contributed by atoms with Crippen LogP contribution in [0.2, 0.25) is 0 Å². The van der Waals surface area contributed by atoms with E-state index in [-0.39, 0.29) is 0 Å². The number of fused-ring (bicyclic) bond motifs is 1. The second-order valence-corrected chi connectivity index (χ2v) is 2.66. The zero-order valence-electron chi connectivity index (χ0n) is 7.19. The molecule has 0 atom stereocenters. The van der Waals surface area contributed by atoms with E-state index in [4.69, 9.17) is 10.2 Å². The van der Waals surface area contributed by atoms with E-state index >= 15 is 0 Å². The Morgan fingerprint density at radius 1 is 1.54 bits per heavy atom. The Kier molecular flexibility index (Phi) is 1.73. The van der Waals surface area contributed by atoms with Crippen molar-refractivity contribution in [3.63, 3.8) is 0 Å². The van der Waals surface area contributed by atoms with Gasteiger partial charge in [0.2, 0.25) is 0 Å². The van der Waals surface area contributed by atoms with Crippen molar-refractivity contribution >= 4 is 23.1 Å². The van der Waals surface area contributed by atoms with Gasteiger partial charge in [-0.2, -0.15) is 0 Å². The van der Waals surface area contributed by atoms with Gasteiger partial charge in [0.1, 0.15) is 5.52 Å². The summed E-state index contributed by atoms with van der Waals surface area (Å²) in [5.74, 6) is 0.656. The van der Waals surface area contributed by atoms with Crippen molar-refractivity contribution in [3.05, 3.63) is 24.1 Å². The Bertz CT molecular complexity index is 459. The van der Waals surface area contributed by atoms with Gasteiger partial charge in [-0.25, -0.2) is 9.98 Å². The van der Waals surface area contributed by atoms with Gasteiger partial charge in [-0.15, -0.1) is 0 Å². The van der Waals surface area contributed by atoms with E-state index in [1.54, 1.807) is 0 Å². The summed E-state index contributed by atoms with van der Waals surface area (Å²) in [5.41, 5.74) is 7.53. The lowest BCUT2D eigenvalue weighted by atomic mass is 10.3. The van der Waals surface area contributed by atoms with E-state index in [1.165, 1.54) is 6.34 Å². The molecule has 0 bridgehead atoms. The first-order chi connectivity index (χ1) is 6.29. The molecule has 66 valence electrons. The third-order valence-corrected chi connectivity index (χ3v) is 1.70. The summed E-state index contributed by atoms with van der Waals surface area (Å²) in [7, 11) is 0. The van der Waals surface area contributed by atoms with Crippen molar-refractivity contribution in [3.8, 4) is 0 Å². The number of benzene rings is 1. The summed E-state index contributed by atoms with van der Waals surface area (Å²) in [6, 6.07) is 5.49. The summed E-state index contributed by atoms with van der Waals surface area (Å²) in [6.07, 6.45) is 1.26. The number of nitrogens with two attached hydrogens (primary N) is 1. The summed E-state index contributed by atoms with van der Waals surface area (Å²) in [5, 5.41) is 0. The van der Waals surface area contributed by atoms with Crippen LogP contribution in [0.15, 0.2) is 27.6 Å². The second kappa shape index (κ2) is 2.90. The fourth-order valence-electron chi connectivity index (χ4n) is 1.20. The number of rotatable bonds is 1. The lowest BCUT2D eigenvalue weighted by Crippen LogP contribution is -1.86. The first-order valence-corrected chi connectivity index (χ1v) is 3.91. The van der Waals surface area contributed by atoms with Crippen molar-refractivity contribution < 1.29 is 4.42 Å². The largest absolute Gasteiger partial charge is 0.441 e. The van der Waals surface area contributed by atoms with E-state index < -0.39 is 0 Å². The lowest BCUT2D eigenvalue weighted by Gasteiger charge is -1.89. The average Bonchev–Trinajstić information content (AvgIpc) is 2.44. The van der Waals surface area contributed by atoms with E-state index in [0.29, 0.717) is 5.89 Å². The van der Waals surface area contributed by atoms with Gasteiger partial charge in [-0.3, -0.25) is 0 Å². The molecule has 2 N–H and O–H groups in total. The summed E-state index contributed by atoms with van der Waals surface area (Å²) in [4.78, 5) is 8.11. The van der Waals surface area contributed by atoms with Crippen LogP contribution in [0.4, 0.5) is 5.69 Å². The number of aliphatic imine (C=N–C) groups is 1. The highest BCUT2D eigenvalue weighted by Crippen LogP contribution is 2.20. The first kappa shape index (κ1) is 7.79. The van der Waals surface area contributed by atoms with Gasteiger partial charge in [0.25, 0.3) is 0 Å². The van der Waals surface area contributed by atoms with Crippen molar-refractivity contribution in [1.82, 2.24) is 4.98 Å². The van der Waals surface area contributed by atoms with Crippen molar-refractivity contribution in [2.24, 2.45) is 10.7 Å². The molecule has 13 heavy (non-hydrogen) atoms. The number of hydrogen-bond donors (Lipinski definition) is 1. The van der Waals surface area contributed by atoms with Crippen LogP contribution in [-0.2, 0) is 0 Å². The molecule has 4 nitrogen and oxygen atoms in total. The van der Waals surface area contributed by atoms with Crippen LogP contribution < -0.4 is 5.73 Å². The van der Waals surface area contributed by atoms with Crippen molar-refractivity contribution in [2.45, 2.75) is 6.92 Å². The van der Waals surface area contributed by atoms with Gasteiger partial charge in [0, 0.05) is 6.92 Å². The molecule has 0 saturated heterocycles. The minimum absolute atomic E-state index is 0.656. The van der Waals surface area contributed by atoms with Crippen LogP contribution in [0.3, 0.4) is 0 Å². The highest BCUT2D eigenvalue weighted by Gasteiger charge is 2.01. The third kappa shape index (κ3) is 1.38. The van der Waals surface area contributed by atoms with Gasteiger partial charge in [0.05, 0.1) is 12.0 Å². The van der Waals surface area contributed by atoms with Crippen LogP contribution in [0.25, 0.3) is 11.1 Å². The number of nitrogens with zero attached hydrogens (tertiary/aromatic N) is 2. The summed E-state index contributed by atoms with van der Waals surface area (Å²) < 4.78 is 5.31. The van der Waals surface area contributed by atoms with Gasteiger partial charge in [-0.1, -0.05) is 0 Å². The summed E-state index contributed by atoms with van der Waals surface area (Å²) in [6.45, 7) is 1.81. The molecule has 0 fully saturated rings. The molecule has 1 aromatic heterocycles. The summed E-state index contributed by atoms with van der Waals surface area (Å²) >= 11 is 0. The second-order valence-electron chi connectivity index (χ2n) is 2.66. The number of oxazole rings is 1. The van der Waals surface area contributed by atoms with Crippen LogP contribution in [0, 0.1) is 6.92 Å². The monoisotopic (exact) mass is 175 g/mol. The Hall–Kier alpha value is -1.84. The molecule has 0 amide bonds. The smallest absolute Gasteiger partial charge is 0.192 e. The molecule has 1 heterocycles. The van der Waals surface area contributed by atoms with Crippen LogP contribution in [-0.4, -0.2) is 11.3 Å².